The molecule has 0 amide bonds. The highest BCUT2D eigenvalue weighted by molar-refractivity contribution is 6.42. The van der Waals surface area contributed by atoms with Gasteiger partial charge in [-0.15, -0.1) is 0 Å². The molecule has 0 saturated carbocycles. The number of piperidine rings is 1. The summed E-state index contributed by atoms with van der Waals surface area (Å²) in [6.07, 6.45) is 6.08. The van der Waals surface area contributed by atoms with Gasteiger partial charge in [0, 0.05) is 6.07 Å². The van der Waals surface area contributed by atoms with E-state index < -0.39 is 0 Å². The molecule has 0 radical (unpaired) electrons. The molecule has 0 unspecified atom stereocenters. The van der Waals surface area contributed by atoms with Crippen molar-refractivity contribution in [1.29, 1.82) is 0 Å². The summed E-state index contributed by atoms with van der Waals surface area (Å²) in [6, 6.07) is 16.2. The zero-order valence-electron chi connectivity index (χ0n) is 15.2. The summed E-state index contributed by atoms with van der Waals surface area (Å²) in [4.78, 5) is 2.61. The predicted octanol–water partition coefficient (Wildman–Crippen LogP) is 6.11. The van der Waals surface area contributed by atoms with Gasteiger partial charge in [-0.05, 0) is 75.4 Å². The van der Waals surface area contributed by atoms with E-state index in [1.54, 1.807) is 12.1 Å². The van der Waals surface area contributed by atoms with Crippen LogP contribution >= 0.6 is 23.2 Å². The summed E-state index contributed by atoms with van der Waals surface area (Å²) in [5.74, 6) is 1.57. The first kappa shape index (κ1) is 19.5. The Morgan fingerprint density at radius 3 is 2.46 bits per heavy atom. The Hall–Kier alpha value is -1.22. The van der Waals surface area contributed by atoms with Crippen molar-refractivity contribution in [2.45, 2.75) is 32.1 Å². The molecule has 2 nitrogen and oxygen atoms in total. The molecule has 3 rings (SSSR count). The predicted molar refractivity (Wildman–Crippen MR) is 111 cm³/mol. The van der Waals surface area contributed by atoms with E-state index in [0.717, 1.165) is 24.7 Å². The Morgan fingerprint density at radius 2 is 1.73 bits per heavy atom. The number of ether oxygens (including phenoxy) is 1. The highest BCUT2D eigenvalue weighted by Gasteiger charge is 2.18. The second-order valence-corrected chi connectivity index (χ2v) is 7.90. The maximum atomic E-state index is 6.02. The molecule has 1 heterocycles. The van der Waals surface area contributed by atoms with Gasteiger partial charge in [0.1, 0.15) is 5.75 Å². The molecule has 1 saturated heterocycles. The molecule has 0 atom stereocenters. The summed E-state index contributed by atoms with van der Waals surface area (Å²) in [5.41, 5.74) is 1.45. The fourth-order valence-electron chi connectivity index (χ4n) is 3.56. The van der Waals surface area contributed by atoms with Crippen LogP contribution in [0.4, 0.5) is 0 Å². The largest absolute Gasteiger partial charge is 0.494 e. The van der Waals surface area contributed by atoms with Crippen LogP contribution in [0.15, 0.2) is 48.5 Å². The first-order valence-electron chi connectivity index (χ1n) is 9.55. The van der Waals surface area contributed by atoms with Crippen molar-refractivity contribution in [3.63, 3.8) is 0 Å². The topological polar surface area (TPSA) is 12.5 Å². The van der Waals surface area contributed by atoms with Crippen LogP contribution in [0, 0.1) is 5.92 Å². The second-order valence-electron chi connectivity index (χ2n) is 7.09. The summed E-state index contributed by atoms with van der Waals surface area (Å²) >= 11 is 11.9. The SMILES string of the molecule is Clc1ccc(OCCC2CCN(CCCc3ccccc3)CC2)cc1Cl. The Morgan fingerprint density at radius 1 is 0.962 bits per heavy atom. The molecule has 1 fully saturated rings. The summed E-state index contributed by atoms with van der Waals surface area (Å²) in [7, 11) is 0. The van der Waals surface area contributed by atoms with E-state index in [0.29, 0.717) is 10.0 Å². The Balaban J connectivity index is 1.29. The van der Waals surface area contributed by atoms with Gasteiger partial charge in [-0.1, -0.05) is 53.5 Å². The van der Waals surface area contributed by atoms with Crippen molar-refractivity contribution in [3.8, 4) is 5.75 Å². The van der Waals surface area contributed by atoms with Gasteiger partial charge in [-0.3, -0.25) is 0 Å². The van der Waals surface area contributed by atoms with Crippen LogP contribution in [0.1, 0.15) is 31.2 Å². The number of aryl methyl sites for hydroxylation is 1. The molecule has 4 heteroatoms. The van der Waals surface area contributed by atoms with Gasteiger partial charge < -0.3 is 9.64 Å². The lowest BCUT2D eigenvalue weighted by atomic mass is 9.94. The lowest BCUT2D eigenvalue weighted by Gasteiger charge is -2.32. The number of nitrogens with zero attached hydrogens (tertiary/aromatic N) is 1. The van der Waals surface area contributed by atoms with E-state index in [1.165, 1.54) is 50.9 Å². The smallest absolute Gasteiger partial charge is 0.120 e. The number of likely N-dealkylation sites (tertiary alicyclic amines) is 1. The molecule has 0 aromatic heterocycles. The minimum Gasteiger partial charge on any atom is -0.494 e. The molecular weight excluding hydrogens is 365 g/mol. The Kier molecular flexibility index (Phi) is 7.67. The van der Waals surface area contributed by atoms with Crippen LogP contribution in [0.25, 0.3) is 0 Å². The lowest BCUT2D eigenvalue weighted by Crippen LogP contribution is -2.35. The normalized spacial score (nSPS) is 15.9. The minimum atomic E-state index is 0.549. The first-order valence-corrected chi connectivity index (χ1v) is 10.3. The molecule has 0 spiro atoms. The van der Waals surface area contributed by atoms with Gasteiger partial charge >= 0.3 is 0 Å². The van der Waals surface area contributed by atoms with Crippen LogP contribution in [-0.2, 0) is 6.42 Å². The van der Waals surface area contributed by atoms with E-state index in [-0.39, 0.29) is 0 Å². The van der Waals surface area contributed by atoms with Gasteiger partial charge in [0.15, 0.2) is 0 Å². The standard InChI is InChI=1S/C22H27Cl2NO/c23-21-9-8-20(17-22(21)24)26-16-12-19-10-14-25(15-11-19)13-4-7-18-5-2-1-3-6-18/h1-3,5-6,8-9,17,19H,4,7,10-16H2. The van der Waals surface area contributed by atoms with E-state index in [1.807, 2.05) is 6.07 Å². The molecule has 1 aliphatic heterocycles. The quantitative estimate of drug-likeness (QED) is 0.538. The van der Waals surface area contributed by atoms with Crippen LogP contribution in [0.5, 0.6) is 5.75 Å². The van der Waals surface area contributed by atoms with E-state index in [2.05, 4.69) is 35.2 Å². The molecule has 1 aliphatic rings. The summed E-state index contributed by atoms with van der Waals surface area (Å²) < 4.78 is 5.83. The van der Waals surface area contributed by atoms with Crippen molar-refractivity contribution in [2.75, 3.05) is 26.2 Å². The van der Waals surface area contributed by atoms with Crippen LogP contribution in [0.2, 0.25) is 10.0 Å². The zero-order chi connectivity index (χ0) is 18.2. The molecular formula is C22H27Cl2NO. The van der Waals surface area contributed by atoms with E-state index in [9.17, 15) is 0 Å². The molecule has 0 N–H and O–H groups in total. The molecule has 26 heavy (non-hydrogen) atoms. The van der Waals surface area contributed by atoms with Crippen LogP contribution in [0.3, 0.4) is 0 Å². The van der Waals surface area contributed by atoms with Crippen LogP contribution < -0.4 is 4.74 Å². The highest BCUT2D eigenvalue weighted by atomic mass is 35.5. The lowest BCUT2D eigenvalue weighted by molar-refractivity contribution is 0.162. The molecule has 2 aromatic carbocycles. The van der Waals surface area contributed by atoms with Gasteiger partial charge in [-0.25, -0.2) is 0 Å². The maximum Gasteiger partial charge on any atom is 0.120 e. The fourth-order valence-corrected chi connectivity index (χ4v) is 3.85. The average molecular weight is 392 g/mol. The third kappa shape index (κ3) is 6.19. The van der Waals surface area contributed by atoms with Gasteiger partial charge in [0.25, 0.3) is 0 Å². The number of hydrogen-bond acceptors (Lipinski definition) is 2. The van der Waals surface area contributed by atoms with E-state index >= 15 is 0 Å². The summed E-state index contributed by atoms with van der Waals surface area (Å²) in [5, 5.41) is 1.12. The molecule has 2 aromatic rings. The number of hydrogen-bond donors (Lipinski definition) is 0. The monoisotopic (exact) mass is 391 g/mol. The Labute approximate surface area is 167 Å². The Bertz CT molecular complexity index is 669. The fraction of sp³-hybridized carbons (Fsp3) is 0.455. The van der Waals surface area contributed by atoms with Gasteiger partial charge in [0.05, 0.1) is 16.7 Å². The molecule has 0 bridgehead atoms. The van der Waals surface area contributed by atoms with Crippen molar-refractivity contribution in [3.05, 3.63) is 64.1 Å². The van der Waals surface area contributed by atoms with Crippen molar-refractivity contribution >= 4 is 23.2 Å². The third-order valence-corrected chi connectivity index (χ3v) is 5.91. The van der Waals surface area contributed by atoms with E-state index in [4.69, 9.17) is 27.9 Å². The zero-order valence-corrected chi connectivity index (χ0v) is 16.7. The van der Waals surface area contributed by atoms with Crippen molar-refractivity contribution in [1.82, 2.24) is 4.90 Å². The first-order chi connectivity index (χ1) is 12.7. The maximum absolute atomic E-state index is 6.02. The van der Waals surface area contributed by atoms with Gasteiger partial charge in [0.2, 0.25) is 0 Å². The number of rotatable bonds is 8. The third-order valence-electron chi connectivity index (χ3n) is 5.18. The number of halogens is 2. The highest BCUT2D eigenvalue weighted by Crippen LogP contribution is 2.27. The second kappa shape index (κ2) is 10.2. The molecule has 0 aliphatic carbocycles. The summed E-state index contributed by atoms with van der Waals surface area (Å²) in [6.45, 7) is 4.39. The van der Waals surface area contributed by atoms with Gasteiger partial charge in [-0.2, -0.15) is 0 Å². The molecule has 140 valence electrons. The van der Waals surface area contributed by atoms with Crippen LogP contribution in [-0.4, -0.2) is 31.1 Å². The number of benzene rings is 2. The average Bonchev–Trinajstić information content (AvgIpc) is 2.67. The van der Waals surface area contributed by atoms with Crippen molar-refractivity contribution in [2.24, 2.45) is 5.92 Å². The van der Waals surface area contributed by atoms with Crippen molar-refractivity contribution < 1.29 is 4.74 Å². The minimum absolute atomic E-state index is 0.549.